The van der Waals surface area contributed by atoms with Crippen LogP contribution in [0.15, 0.2) is 41.5 Å². The molecule has 0 amide bonds. The van der Waals surface area contributed by atoms with Crippen LogP contribution in [0.5, 0.6) is 17.4 Å². The number of nitrogens with two attached hydrogens (primary N) is 1. The molecule has 0 spiro atoms. The summed E-state index contributed by atoms with van der Waals surface area (Å²) in [6.07, 6.45) is 1.67. The third kappa shape index (κ3) is 7.10. The first-order valence-corrected chi connectivity index (χ1v) is 8.02. The van der Waals surface area contributed by atoms with Gasteiger partial charge in [0.1, 0.15) is 6.61 Å². The molecule has 0 saturated heterocycles. The van der Waals surface area contributed by atoms with Crippen molar-refractivity contribution in [2.24, 2.45) is 10.7 Å². The number of halogens is 1. The van der Waals surface area contributed by atoms with Crippen molar-refractivity contribution in [2.45, 2.75) is 6.54 Å². The maximum atomic E-state index is 5.97. The largest absolute Gasteiger partial charge is 0.493 e. The average Bonchev–Trinajstić information content (AvgIpc) is 2.67. The molecule has 1 heterocycles. The number of pyridine rings is 1. The molecular weight excluding hydrogens is 463 g/mol. The van der Waals surface area contributed by atoms with E-state index in [9.17, 15) is 0 Å². The summed E-state index contributed by atoms with van der Waals surface area (Å²) in [5, 5.41) is 3.02. The zero-order chi connectivity index (χ0) is 18.8. The lowest BCUT2D eigenvalue weighted by atomic mass is 10.2. The van der Waals surface area contributed by atoms with E-state index in [0.29, 0.717) is 37.1 Å². The number of methoxy groups -OCH3 is 3. The zero-order valence-corrected chi connectivity index (χ0v) is 17.9. The molecule has 0 atom stereocenters. The fourth-order valence-electron chi connectivity index (χ4n) is 2.17. The summed E-state index contributed by atoms with van der Waals surface area (Å²) in [5.41, 5.74) is 7.55. The van der Waals surface area contributed by atoms with E-state index in [4.69, 9.17) is 24.7 Å². The molecule has 0 fully saturated rings. The summed E-state index contributed by atoms with van der Waals surface area (Å²) in [4.78, 5) is 8.55. The SMILES string of the molecule is COCCOc1ncccc1CN=C(N)Nc1ccc(OC)c(OC)c1.I. The average molecular weight is 488 g/mol. The van der Waals surface area contributed by atoms with Gasteiger partial charge in [-0.15, -0.1) is 24.0 Å². The standard InChI is InChI=1S/C18H24N4O4.HI/c1-23-9-10-26-17-13(5-4-8-20-17)12-21-18(19)22-14-6-7-15(24-2)16(11-14)25-3;/h4-8,11H,9-10,12H2,1-3H3,(H3,19,21,22);1H. The van der Waals surface area contributed by atoms with Gasteiger partial charge in [-0.2, -0.15) is 0 Å². The third-order valence-corrected chi connectivity index (χ3v) is 3.45. The van der Waals surface area contributed by atoms with Crippen LogP contribution in [0.4, 0.5) is 5.69 Å². The fourth-order valence-corrected chi connectivity index (χ4v) is 2.17. The van der Waals surface area contributed by atoms with E-state index in [1.807, 2.05) is 18.2 Å². The molecule has 3 N–H and O–H groups in total. The van der Waals surface area contributed by atoms with Crippen molar-refractivity contribution in [3.8, 4) is 17.4 Å². The monoisotopic (exact) mass is 488 g/mol. The lowest BCUT2D eigenvalue weighted by molar-refractivity contribution is 0.143. The van der Waals surface area contributed by atoms with Crippen LogP contribution in [-0.2, 0) is 11.3 Å². The van der Waals surface area contributed by atoms with Crippen LogP contribution < -0.4 is 25.3 Å². The predicted molar refractivity (Wildman–Crippen MR) is 116 cm³/mol. The van der Waals surface area contributed by atoms with Crippen molar-refractivity contribution in [3.05, 3.63) is 42.1 Å². The number of hydrogen-bond donors (Lipinski definition) is 2. The van der Waals surface area contributed by atoms with Gasteiger partial charge in [0, 0.05) is 30.6 Å². The van der Waals surface area contributed by atoms with Gasteiger partial charge in [0.25, 0.3) is 0 Å². The summed E-state index contributed by atoms with van der Waals surface area (Å²) < 4.78 is 21.0. The van der Waals surface area contributed by atoms with Crippen molar-refractivity contribution in [1.82, 2.24) is 4.98 Å². The molecule has 2 aromatic rings. The maximum absolute atomic E-state index is 5.97. The van der Waals surface area contributed by atoms with E-state index in [2.05, 4.69) is 15.3 Å². The second kappa shape index (κ2) is 12.2. The van der Waals surface area contributed by atoms with Crippen LogP contribution in [-0.4, -0.2) is 45.5 Å². The van der Waals surface area contributed by atoms with Crippen molar-refractivity contribution in [1.29, 1.82) is 0 Å². The Labute approximate surface area is 176 Å². The van der Waals surface area contributed by atoms with Crippen LogP contribution in [0, 0.1) is 0 Å². The molecule has 0 saturated carbocycles. The van der Waals surface area contributed by atoms with E-state index in [-0.39, 0.29) is 29.9 Å². The number of aromatic nitrogens is 1. The molecule has 2 rings (SSSR count). The number of nitrogens with one attached hydrogen (secondary N) is 1. The minimum absolute atomic E-state index is 0. The van der Waals surface area contributed by atoms with Crippen LogP contribution in [0.2, 0.25) is 0 Å². The van der Waals surface area contributed by atoms with Gasteiger partial charge in [-0.05, 0) is 18.2 Å². The first-order valence-electron chi connectivity index (χ1n) is 8.02. The molecule has 148 valence electrons. The molecule has 0 bridgehead atoms. The molecule has 0 radical (unpaired) electrons. The Hall–Kier alpha value is -2.27. The minimum atomic E-state index is 0. The van der Waals surface area contributed by atoms with Crippen LogP contribution in [0.1, 0.15) is 5.56 Å². The molecule has 27 heavy (non-hydrogen) atoms. The highest BCUT2D eigenvalue weighted by molar-refractivity contribution is 14.0. The Bertz CT molecular complexity index is 743. The molecule has 1 aromatic carbocycles. The van der Waals surface area contributed by atoms with Gasteiger partial charge < -0.3 is 30.0 Å². The summed E-state index contributed by atoms with van der Waals surface area (Å²) >= 11 is 0. The number of aliphatic imine (C=N–C) groups is 1. The predicted octanol–water partition coefficient (Wildman–Crippen LogP) is 2.67. The molecular formula is C18H25IN4O4. The van der Waals surface area contributed by atoms with E-state index in [1.165, 1.54) is 0 Å². The Kier molecular flexibility index (Phi) is 10.3. The number of guanidine groups is 1. The maximum Gasteiger partial charge on any atom is 0.218 e. The highest BCUT2D eigenvalue weighted by atomic mass is 127. The van der Waals surface area contributed by atoms with Gasteiger partial charge in [-0.25, -0.2) is 9.98 Å². The highest BCUT2D eigenvalue weighted by Crippen LogP contribution is 2.29. The normalized spacial score (nSPS) is 10.7. The topological polar surface area (TPSA) is 100 Å². The number of benzene rings is 1. The number of rotatable bonds is 9. The highest BCUT2D eigenvalue weighted by Gasteiger charge is 2.07. The summed E-state index contributed by atoms with van der Waals surface area (Å²) in [6.45, 7) is 1.24. The van der Waals surface area contributed by atoms with Crippen LogP contribution in [0.3, 0.4) is 0 Å². The Morgan fingerprint density at radius 3 is 2.59 bits per heavy atom. The lowest BCUT2D eigenvalue weighted by Crippen LogP contribution is -2.22. The van der Waals surface area contributed by atoms with Crippen molar-refractivity contribution >= 4 is 35.6 Å². The second-order valence-corrected chi connectivity index (χ2v) is 5.21. The Morgan fingerprint density at radius 1 is 1.11 bits per heavy atom. The molecule has 1 aromatic heterocycles. The van der Waals surface area contributed by atoms with Crippen molar-refractivity contribution in [3.63, 3.8) is 0 Å². The summed E-state index contributed by atoms with van der Waals surface area (Å²) in [6, 6.07) is 9.11. The molecule has 8 nitrogen and oxygen atoms in total. The van der Waals surface area contributed by atoms with Gasteiger partial charge in [-0.1, -0.05) is 6.07 Å². The fraction of sp³-hybridized carbons (Fsp3) is 0.333. The summed E-state index contributed by atoms with van der Waals surface area (Å²) in [5.74, 6) is 2.03. The molecule has 0 aliphatic carbocycles. The second-order valence-electron chi connectivity index (χ2n) is 5.21. The van der Waals surface area contributed by atoms with E-state index >= 15 is 0 Å². The van der Waals surface area contributed by atoms with Gasteiger partial charge in [0.15, 0.2) is 17.5 Å². The number of anilines is 1. The Balaban J connectivity index is 0.00000364. The van der Waals surface area contributed by atoms with Crippen LogP contribution in [0.25, 0.3) is 0 Å². The van der Waals surface area contributed by atoms with Crippen molar-refractivity contribution < 1.29 is 18.9 Å². The van der Waals surface area contributed by atoms with Crippen molar-refractivity contribution in [2.75, 3.05) is 39.9 Å². The van der Waals surface area contributed by atoms with Gasteiger partial charge in [-0.3, -0.25) is 0 Å². The zero-order valence-electron chi connectivity index (χ0n) is 15.6. The quantitative estimate of drug-likeness (QED) is 0.242. The third-order valence-electron chi connectivity index (χ3n) is 3.45. The smallest absolute Gasteiger partial charge is 0.218 e. The van der Waals surface area contributed by atoms with E-state index < -0.39 is 0 Å². The lowest BCUT2D eigenvalue weighted by Gasteiger charge is -2.11. The van der Waals surface area contributed by atoms with E-state index in [1.54, 1.807) is 39.7 Å². The van der Waals surface area contributed by atoms with E-state index in [0.717, 1.165) is 11.3 Å². The molecule has 0 aliphatic heterocycles. The van der Waals surface area contributed by atoms with Crippen LogP contribution >= 0.6 is 24.0 Å². The number of ether oxygens (including phenoxy) is 4. The number of hydrogen-bond acceptors (Lipinski definition) is 6. The number of nitrogens with zero attached hydrogens (tertiary/aromatic N) is 2. The van der Waals surface area contributed by atoms with Gasteiger partial charge >= 0.3 is 0 Å². The Morgan fingerprint density at radius 2 is 1.89 bits per heavy atom. The van der Waals surface area contributed by atoms with Gasteiger partial charge in [0.2, 0.25) is 5.88 Å². The first kappa shape index (κ1) is 22.8. The molecule has 9 heteroatoms. The molecule has 0 unspecified atom stereocenters. The molecule has 0 aliphatic rings. The van der Waals surface area contributed by atoms with Gasteiger partial charge in [0.05, 0.1) is 27.4 Å². The first-order chi connectivity index (χ1) is 12.7. The summed E-state index contributed by atoms with van der Waals surface area (Å²) in [7, 11) is 4.78. The minimum Gasteiger partial charge on any atom is -0.493 e.